The average molecular weight is 372 g/mol. The van der Waals surface area contributed by atoms with Crippen LogP contribution in [0.4, 0.5) is 0 Å². The van der Waals surface area contributed by atoms with E-state index in [0.29, 0.717) is 30.8 Å². The van der Waals surface area contributed by atoms with Crippen LogP contribution >= 0.6 is 12.4 Å². The third-order valence-electron chi connectivity index (χ3n) is 3.68. The second-order valence-electron chi connectivity index (χ2n) is 5.76. The Kier molecular flexibility index (Phi) is 11.9. The van der Waals surface area contributed by atoms with Crippen LogP contribution in [0, 0.1) is 0 Å². The Labute approximate surface area is 157 Å². The van der Waals surface area contributed by atoms with Crippen molar-refractivity contribution in [3.05, 3.63) is 29.3 Å². The SMILES string of the molecule is CCCCN(CCCC)OC(=O)c1cccc(CC)c1OC(C)=O.Cl. The summed E-state index contributed by atoms with van der Waals surface area (Å²) in [7, 11) is 0. The number of nitrogens with zero attached hydrogens (tertiary/aromatic N) is 1. The molecular formula is C19H30ClNO4. The zero-order valence-electron chi connectivity index (χ0n) is 15.7. The van der Waals surface area contributed by atoms with Crippen LogP contribution < -0.4 is 4.74 Å². The third kappa shape index (κ3) is 7.88. The van der Waals surface area contributed by atoms with Gasteiger partial charge in [-0.2, -0.15) is 0 Å². The van der Waals surface area contributed by atoms with E-state index in [2.05, 4.69) is 13.8 Å². The normalized spacial score (nSPS) is 10.3. The molecule has 0 saturated heterocycles. The number of ether oxygens (including phenoxy) is 1. The first-order chi connectivity index (χ1) is 11.5. The summed E-state index contributed by atoms with van der Waals surface area (Å²) in [5.74, 6) is -0.615. The number of hydrogen-bond acceptors (Lipinski definition) is 5. The van der Waals surface area contributed by atoms with Crippen molar-refractivity contribution in [2.75, 3.05) is 13.1 Å². The van der Waals surface area contributed by atoms with E-state index in [1.807, 2.05) is 13.0 Å². The number of esters is 1. The molecule has 1 rings (SSSR count). The molecule has 0 aliphatic rings. The van der Waals surface area contributed by atoms with E-state index in [1.165, 1.54) is 6.92 Å². The van der Waals surface area contributed by atoms with Crippen molar-refractivity contribution in [2.45, 2.75) is 59.8 Å². The molecule has 0 heterocycles. The highest BCUT2D eigenvalue weighted by atomic mass is 35.5. The number of carbonyl (C=O) groups excluding carboxylic acids is 2. The van der Waals surface area contributed by atoms with Gasteiger partial charge in [-0.1, -0.05) is 45.7 Å². The van der Waals surface area contributed by atoms with E-state index < -0.39 is 11.9 Å². The van der Waals surface area contributed by atoms with E-state index in [0.717, 1.165) is 31.2 Å². The first-order valence-corrected chi connectivity index (χ1v) is 8.80. The molecular weight excluding hydrogens is 342 g/mol. The molecule has 0 radical (unpaired) electrons. The Hall–Kier alpha value is -1.59. The lowest BCUT2D eigenvalue weighted by molar-refractivity contribution is -0.132. The van der Waals surface area contributed by atoms with Gasteiger partial charge in [-0.3, -0.25) is 4.79 Å². The number of hydroxylamine groups is 2. The first kappa shape index (κ1) is 23.4. The number of para-hydroxylation sites is 1. The van der Waals surface area contributed by atoms with Crippen LogP contribution in [0.5, 0.6) is 5.75 Å². The van der Waals surface area contributed by atoms with Crippen molar-refractivity contribution in [2.24, 2.45) is 0 Å². The van der Waals surface area contributed by atoms with Gasteiger partial charge in [-0.05, 0) is 30.9 Å². The Morgan fingerprint density at radius 1 is 1.04 bits per heavy atom. The topological polar surface area (TPSA) is 55.8 Å². The molecule has 0 spiro atoms. The summed E-state index contributed by atoms with van der Waals surface area (Å²) in [5, 5.41) is 1.71. The highest BCUT2D eigenvalue weighted by molar-refractivity contribution is 5.93. The molecule has 1 aromatic rings. The van der Waals surface area contributed by atoms with Crippen LogP contribution in [0.3, 0.4) is 0 Å². The molecule has 5 nitrogen and oxygen atoms in total. The highest BCUT2D eigenvalue weighted by Gasteiger charge is 2.21. The molecule has 0 bridgehead atoms. The number of carbonyl (C=O) groups is 2. The van der Waals surface area contributed by atoms with Gasteiger partial charge in [-0.15, -0.1) is 17.5 Å². The number of halogens is 1. The standard InChI is InChI=1S/C19H29NO4.ClH/c1-5-8-13-20(14-9-6-2)24-19(22)17-12-10-11-16(7-3)18(17)23-15(4)21;/h10-12H,5-9,13-14H2,1-4H3;1H. The van der Waals surface area contributed by atoms with E-state index in [1.54, 1.807) is 17.2 Å². The Morgan fingerprint density at radius 3 is 2.12 bits per heavy atom. The maximum absolute atomic E-state index is 12.6. The summed E-state index contributed by atoms with van der Waals surface area (Å²) in [6.07, 6.45) is 4.65. The van der Waals surface area contributed by atoms with Crippen molar-refractivity contribution < 1.29 is 19.2 Å². The van der Waals surface area contributed by atoms with Crippen LogP contribution in [-0.4, -0.2) is 30.1 Å². The molecule has 0 fully saturated rings. The van der Waals surface area contributed by atoms with Crippen LogP contribution in [-0.2, 0) is 16.1 Å². The Morgan fingerprint density at radius 2 is 1.64 bits per heavy atom. The Bertz CT molecular complexity index is 540. The van der Waals surface area contributed by atoms with Crippen LogP contribution in [0.25, 0.3) is 0 Å². The fraction of sp³-hybridized carbons (Fsp3) is 0.579. The summed E-state index contributed by atoms with van der Waals surface area (Å²) >= 11 is 0. The van der Waals surface area contributed by atoms with Crippen molar-refractivity contribution in [3.63, 3.8) is 0 Å². The molecule has 0 saturated carbocycles. The zero-order valence-corrected chi connectivity index (χ0v) is 16.5. The first-order valence-electron chi connectivity index (χ1n) is 8.80. The summed E-state index contributed by atoms with van der Waals surface area (Å²) in [4.78, 5) is 29.5. The van der Waals surface area contributed by atoms with Gasteiger partial charge in [0.25, 0.3) is 0 Å². The monoisotopic (exact) mass is 371 g/mol. The molecule has 0 aliphatic heterocycles. The zero-order chi connectivity index (χ0) is 17.9. The fourth-order valence-corrected chi connectivity index (χ4v) is 2.33. The van der Waals surface area contributed by atoms with Gasteiger partial charge >= 0.3 is 11.9 Å². The molecule has 142 valence electrons. The lowest BCUT2D eigenvalue weighted by atomic mass is 10.1. The number of benzene rings is 1. The smallest absolute Gasteiger partial charge is 0.360 e. The molecule has 25 heavy (non-hydrogen) atoms. The summed E-state index contributed by atoms with van der Waals surface area (Å²) in [6, 6.07) is 5.27. The average Bonchev–Trinajstić information content (AvgIpc) is 2.56. The lowest BCUT2D eigenvalue weighted by Crippen LogP contribution is -2.30. The second-order valence-corrected chi connectivity index (χ2v) is 5.76. The van der Waals surface area contributed by atoms with Gasteiger partial charge < -0.3 is 9.57 Å². The molecule has 0 atom stereocenters. The molecule has 6 heteroatoms. The summed E-state index contributed by atoms with van der Waals surface area (Å²) < 4.78 is 5.27. The molecule has 1 aromatic carbocycles. The number of rotatable bonds is 10. The Balaban J connectivity index is 0.00000576. The van der Waals surface area contributed by atoms with Crippen molar-refractivity contribution in [1.29, 1.82) is 0 Å². The second kappa shape index (κ2) is 12.7. The highest BCUT2D eigenvalue weighted by Crippen LogP contribution is 2.26. The minimum Gasteiger partial charge on any atom is -0.426 e. The summed E-state index contributed by atoms with van der Waals surface area (Å²) in [5.41, 5.74) is 1.11. The van der Waals surface area contributed by atoms with Crippen molar-refractivity contribution in [3.8, 4) is 5.75 Å². The minimum absolute atomic E-state index is 0. The molecule has 0 aliphatic carbocycles. The van der Waals surface area contributed by atoms with Crippen LogP contribution in [0.15, 0.2) is 18.2 Å². The van der Waals surface area contributed by atoms with Crippen molar-refractivity contribution in [1.82, 2.24) is 5.06 Å². The summed E-state index contributed by atoms with van der Waals surface area (Å²) in [6.45, 7) is 8.90. The van der Waals surface area contributed by atoms with Gasteiger partial charge in [-0.25, -0.2) is 4.79 Å². The van der Waals surface area contributed by atoms with Gasteiger partial charge in [0.2, 0.25) is 0 Å². The molecule has 0 aromatic heterocycles. The minimum atomic E-state index is -0.478. The largest absolute Gasteiger partial charge is 0.426 e. The van der Waals surface area contributed by atoms with Gasteiger partial charge in [0.15, 0.2) is 0 Å². The maximum atomic E-state index is 12.6. The fourth-order valence-electron chi connectivity index (χ4n) is 2.33. The van der Waals surface area contributed by atoms with E-state index >= 15 is 0 Å². The van der Waals surface area contributed by atoms with Crippen LogP contribution in [0.2, 0.25) is 0 Å². The third-order valence-corrected chi connectivity index (χ3v) is 3.68. The predicted molar refractivity (Wildman–Crippen MR) is 101 cm³/mol. The van der Waals surface area contributed by atoms with E-state index in [-0.39, 0.29) is 12.4 Å². The number of aryl methyl sites for hydroxylation is 1. The molecule has 0 N–H and O–H groups in total. The number of unbranched alkanes of at least 4 members (excludes halogenated alkanes) is 2. The molecule has 0 unspecified atom stereocenters. The van der Waals surface area contributed by atoms with E-state index in [4.69, 9.17) is 9.57 Å². The van der Waals surface area contributed by atoms with Crippen LogP contribution in [0.1, 0.15) is 69.3 Å². The van der Waals surface area contributed by atoms with Gasteiger partial charge in [0.1, 0.15) is 11.3 Å². The van der Waals surface area contributed by atoms with Gasteiger partial charge in [0.05, 0.1) is 0 Å². The van der Waals surface area contributed by atoms with E-state index in [9.17, 15) is 9.59 Å². The predicted octanol–water partition coefficient (Wildman–Crippen LogP) is 4.57. The lowest BCUT2D eigenvalue weighted by Gasteiger charge is -2.21. The quantitative estimate of drug-likeness (QED) is 0.342. The number of hydrogen-bond donors (Lipinski definition) is 0. The van der Waals surface area contributed by atoms with Gasteiger partial charge in [0, 0.05) is 20.0 Å². The van der Waals surface area contributed by atoms with Crippen molar-refractivity contribution >= 4 is 24.3 Å². The maximum Gasteiger partial charge on any atom is 0.360 e. The molecule has 0 amide bonds.